The maximum atomic E-state index is 11.2. The summed E-state index contributed by atoms with van der Waals surface area (Å²) in [6.07, 6.45) is -5.07. The Morgan fingerprint density at radius 1 is 1.33 bits per heavy atom. The van der Waals surface area contributed by atoms with Gasteiger partial charge in [0.2, 0.25) is 0 Å². The second-order valence-electron chi connectivity index (χ2n) is 1.34. The molecule has 0 spiro atoms. The van der Waals surface area contributed by atoms with Gasteiger partial charge in [0.25, 0.3) is 0 Å². The second kappa shape index (κ2) is 3.93. The minimum atomic E-state index is -5.07. The van der Waals surface area contributed by atoms with E-state index in [4.69, 9.17) is 0 Å². The maximum absolute atomic E-state index is 11.2. The van der Waals surface area contributed by atoms with Crippen LogP contribution in [0.1, 0.15) is 0 Å². The molecule has 4 nitrogen and oxygen atoms in total. The van der Waals surface area contributed by atoms with Crippen LogP contribution < -0.4 is 5.73 Å². The fourth-order valence-electron chi connectivity index (χ4n) is 0.229. The van der Waals surface area contributed by atoms with Crippen molar-refractivity contribution in [3.63, 3.8) is 0 Å². The average molecular weight is 194 g/mol. The molecule has 0 aliphatic carbocycles. The van der Waals surface area contributed by atoms with Gasteiger partial charge in [-0.2, -0.15) is 8.78 Å². The van der Waals surface area contributed by atoms with Crippen molar-refractivity contribution in [3.05, 3.63) is 0 Å². The predicted molar refractivity (Wildman–Crippen MR) is 25.9 cm³/mol. The van der Waals surface area contributed by atoms with Crippen molar-refractivity contribution in [2.75, 3.05) is 0 Å². The summed E-state index contributed by atoms with van der Waals surface area (Å²) in [5.41, 5.74) is 4.36. The van der Waals surface area contributed by atoms with E-state index >= 15 is 0 Å². The highest BCUT2D eigenvalue weighted by Gasteiger charge is 2.32. The van der Waals surface area contributed by atoms with Gasteiger partial charge in [-0.15, -0.1) is 13.2 Å². The van der Waals surface area contributed by atoms with Gasteiger partial charge in [-0.1, -0.05) is 0 Å². The molecule has 9 heteroatoms. The number of oxime groups is 1. The zero-order valence-corrected chi connectivity index (χ0v) is 5.31. The Bertz CT molecular complexity index is 167. The Morgan fingerprint density at radius 3 is 2.17 bits per heavy atom. The van der Waals surface area contributed by atoms with E-state index < -0.39 is 19.0 Å². The molecule has 0 unspecified atom stereocenters. The molecular weight excluding hydrogens is 191 g/mol. The molecule has 2 N–H and O–H groups in total. The number of ether oxygens (including phenoxy) is 1. The molecule has 0 saturated carbocycles. The van der Waals surface area contributed by atoms with Crippen molar-refractivity contribution in [1.29, 1.82) is 0 Å². The third-order valence-corrected chi connectivity index (χ3v) is 0.443. The highest BCUT2D eigenvalue weighted by molar-refractivity contribution is 5.70. The smallest absolute Gasteiger partial charge is 0.370 e. The van der Waals surface area contributed by atoms with E-state index in [1.807, 2.05) is 0 Å². The zero-order valence-electron chi connectivity index (χ0n) is 5.31. The van der Waals surface area contributed by atoms with Gasteiger partial charge >= 0.3 is 19.0 Å². The van der Waals surface area contributed by atoms with E-state index in [1.165, 1.54) is 0 Å². The molecule has 0 aliphatic heterocycles. The molecule has 0 saturated heterocycles. The molecule has 0 bridgehead atoms. The number of alkyl halides is 5. The van der Waals surface area contributed by atoms with Crippen LogP contribution in [-0.2, 0) is 9.57 Å². The minimum Gasteiger partial charge on any atom is -0.370 e. The predicted octanol–water partition coefficient (Wildman–Crippen LogP) is 0.992. The van der Waals surface area contributed by atoms with Gasteiger partial charge in [0.15, 0.2) is 0 Å². The molecule has 12 heavy (non-hydrogen) atoms. The minimum absolute atomic E-state index is 1.54. The van der Waals surface area contributed by atoms with Crippen LogP contribution in [-0.4, -0.2) is 19.0 Å². The van der Waals surface area contributed by atoms with Gasteiger partial charge in [-0.25, -0.2) is 0 Å². The monoisotopic (exact) mass is 194 g/mol. The first-order valence-electron chi connectivity index (χ1n) is 2.34. The number of hydrogen-bond donors (Lipinski definition) is 1. The normalized spacial score (nSPS) is 13.3. The van der Waals surface area contributed by atoms with Crippen LogP contribution in [0, 0.1) is 0 Å². The van der Waals surface area contributed by atoms with Crippen molar-refractivity contribution in [2.45, 2.75) is 13.0 Å². The summed E-state index contributed by atoms with van der Waals surface area (Å²) in [5, 5.41) is 2.11. The van der Waals surface area contributed by atoms with E-state index in [2.05, 4.69) is 20.5 Å². The summed E-state index contributed by atoms with van der Waals surface area (Å²) >= 11 is 0. The van der Waals surface area contributed by atoms with Gasteiger partial charge in [0.05, 0.1) is 0 Å². The number of halogens is 5. The van der Waals surface area contributed by atoms with Gasteiger partial charge in [0, 0.05) is 0 Å². The molecule has 0 amide bonds. The van der Waals surface area contributed by atoms with Crippen LogP contribution in [0.4, 0.5) is 22.0 Å². The van der Waals surface area contributed by atoms with Gasteiger partial charge in [-0.05, 0) is 5.16 Å². The lowest BCUT2D eigenvalue weighted by atomic mass is 11.1. The first-order valence-corrected chi connectivity index (χ1v) is 2.34. The van der Waals surface area contributed by atoms with Crippen LogP contribution >= 0.6 is 0 Å². The van der Waals surface area contributed by atoms with Gasteiger partial charge in [0.1, 0.15) is 0 Å². The molecule has 0 radical (unpaired) electrons. The van der Waals surface area contributed by atoms with Crippen molar-refractivity contribution >= 4 is 6.02 Å². The molecule has 0 rings (SSSR count). The van der Waals surface area contributed by atoms with Gasteiger partial charge < -0.3 is 15.3 Å². The summed E-state index contributed by atoms with van der Waals surface area (Å²) in [6, 6.07) is -1.54. The SMILES string of the molecule is NC(=NOC(F)F)OC(F)(F)F. The highest BCUT2D eigenvalue weighted by Crippen LogP contribution is 2.15. The number of nitrogens with zero attached hydrogens (tertiary/aromatic N) is 1. The van der Waals surface area contributed by atoms with Crippen LogP contribution in [0.3, 0.4) is 0 Å². The summed E-state index contributed by atoms with van der Waals surface area (Å²) in [6.45, 7) is -3.35. The fraction of sp³-hybridized carbons (Fsp3) is 0.667. The zero-order chi connectivity index (χ0) is 9.78. The molecule has 0 aromatic carbocycles. The number of rotatable bonds is 2. The summed E-state index contributed by atoms with van der Waals surface area (Å²) in [7, 11) is 0. The highest BCUT2D eigenvalue weighted by atomic mass is 19.4. The Morgan fingerprint density at radius 2 is 1.83 bits per heavy atom. The lowest BCUT2D eigenvalue weighted by molar-refractivity contribution is -0.285. The van der Waals surface area contributed by atoms with Crippen LogP contribution in [0.2, 0.25) is 0 Å². The van der Waals surface area contributed by atoms with Crippen molar-refractivity contribution < 1.29 is 31.5 Å². The number of hydrogen-bond acceptors (Lipinski definition) is 3. The Labute approximate surface area is 62.7 Å². The molecule has 0 fully saturated rings. The lowest BCUT2D eigenvalue weighted by Crippen LogP contribution is -2.26. The van der Waals surface area contributed by atoms with E-state index in [9.17, 15) is 22.0 Å². The van der Waals surface area contributed by atoms with E-state index in [-0.39, 0.29) is 0 Å². The third kappa shape index (κ3) is 6.83. The first-order chi connectivity index (χ1) is 5.31. The van der Waals surface area contributed by atoms with Crippen LogP contribution in [0.5, 0.6) is 0 Å². The summed E-state index contributed by atoms with van der Waals surface area (Å²) in [5.74, 6) is 0. The molecule has 0 aromatic rings. The average Bonchev–Trinajstić information content (AvgIpc) is 1.79. The largest absolute Gasteiger partial charge is 0.575 e. The van der Waals surface area contributed by atoms with Crippen molar-refractivity contribution in [2.24, 2.45) is 10.9 Å². The van der Waals surface area contributed by atoms with Crippen LogP contribution in [0.15, 0.2) is 5.16 Å². The molecule has 0 aliphatic rings. The molecular formula is C3H3F5N2O2. The van der Waals surface area contributed by atoms with E-state index in [0.717, 1.165) is 0 Å². The van der Waals surface area contributed by atoms with Crippen molar-refractivity contribution in [1.82, 2.24) is 0 Å². The van der Waals surface area contributed by atoms with Gasteiger partial charge in [-0.3, -0.25) is 0 Å². The molecule has 0 atom stereocenters. The van der Waals surface area contributed by atoms with E-state index in [1.54, 1.807) is 0 Å². The second-order valence-corrected chi connectivity index (χ2v) is 1.34. The molecule has 0 heterocycles. The molecule has 0 aromatic heterocycles. The lowest BCUT2D eigenvalue weighted by Gasteiger charge is -2.06. The Hall–Kier alpha value is -1.28. The van der Waals surface area contributed by atoms with E-state index in [0.29, 0.717) is 0 Å². The Balaban J connectivity index is 3.86. The fourth-order valence-corrected chi connectivity index (χ4v) is 0.229. The molecule has 72 valence electrons. The number of nitrogens with two attached hydrogens (primary N) is 1. The summed E-state index contributed by atoms with van der Waals surface area (Å²) in [4.78, 5) is 3.05. The third-order valence-electron chi connectivity index (χ3n) is 0.443. The number of amidine groups is 1. The topological polar surface area (TPSA) is 56.8 Å². The Kier molecular flexibility index (Phi) is 3.51. The standard InChI is InChI=1S/C3H3F5N2O2/c4-1(5)12-10-2(9)11-3(6,7)8/h1H,(H2,9,10). The van der Waals surface area contributed by atoms with Crippen molar-refractivity contribution in [3.8, 4) is 0 Å². The quantitative estimate of drug-likeness (QED) is 0.308. The first kappa shape index (κ1) is 10.7. The maximum Gasteiger partial charge on any atom is 0.575 e. The summed E-state index contributed by atoms with van der Waals surface area (Å²) < 4.78 is 58.7. The van der Waals surface area contributed by atoms with Crippen LogP contribution in [0.25, 0.3) is 0 Å².